The van der Waals surface area contributed by atoms with Crippen LogP contribution in [0.25, 0.3) is 0 Å². The topological polar surface area (TPSA) is 83.7 Å². The van der Waals surface area contributed by atoms with E-state index in [0.717, 1.165) is 12.8 Å². The van der Waals surface area contributed by atoms with Crippen molar-refractivity contribution in [1.82, 2.24) is 9.21 Å². The van der Waals surface area contributed by atoms with Crippen LogP contribution in [0.5, 0.6) is 0 Å². The largest absolute Gasteiger partial charge is 0.337 e. The SMILES string of the molecule is Cl.NCC1CCCN1C(=O)CN1CCCS1(=O)=O. The molecule has 2 aliphatic heterocycles. The summed E-state index contributed by atoms with van der Waals surface area (Å²) in [6, 6.07) is 0.0906. The van der Waals surface area contributed by atoms with Gasteiger partial charge in [0.05, 0.1) is 12.3 Å². The fourth-order valence-electron chi connectivity index (χ4n) is 2.52. The summed E-state index contributed by atoms with van der Waals surface area (Å²) < 4.78 is 24.5. The third kappa shape index (κ3) is 3.14. The first-order chi connectivity index (χ1) is 8.04. The molecule has 106 valence electrons. The lowest BCUT2D eigenvalue weighted by Gasteiger charge is -2.25. The van der Waals surface area contributed by atoms with Crippen LogP contribution in [0.15, 0.2) is 0 Å². The normalized spacial score (nSPS) is 27.2. The molecule has 0 bridgehead atoms. The Labute approximate surface area is 114 Å². The number of carbonyl (C=O) groups excluding carboxylic acids is 1. The van der Waals surface area contributed by atoms with Crippen molar-refractivity contribution >= 4 is 28.3 Å². The maximum absolute atomic E-state index is 12.0. The molecule has 2 heterocycles. The predicted octanol–water partition coefficient (Wildman–Crippen LogP) is -0.607. The Morgan fingerprint density at radius 3 is 2.56 bits per heavy atom. The van der Waals surface area contributed by atoms with Crippen LogP contribution < -0.4 is 5.73 Å². The molecule has 2 N–H and O–H groups in total. The molecule has 1 amide bonds. The van der Waals surface area contributed by atoms with Gasteiger partial charge in [0, 0.05) is 25.7 Å². The van der Waals surface area contributed by atoms with E-state index in [1.807, 2.05) is 0 Å². The predicted molar refractivity (Wildman–Crippen MR) is 71.0 cm³/mol. The Morgan fingerprint density at radius 1 is 1.28 bits per heavy atom. The van der Waals surface area contributed by atoms with E-state index in [2.05, 4.69) is 0 Å². The summed E-state index contributed by atoms with van der Waals surface area (Å²) in [6.07, 6.45) is 2.51. The van der Waals surface area contributed by atoms with Crippen molar-refractivity contribution in [2.45, 2.75) is 25.3 Å². The summed E-state index contributed by atoms with van der Waals surface area (Å²) in [4.78, 5) is 13.8. The Balaban J connectivity index is 0.00000162. The van der Waals surface area contributed by atoms with Crippen LogP contribution in [0, 0.1) is 0 Å². The number of likely N-dealkylation sites (tertiary alicyclic amines) is 1. The molecule has 0 aromatic carbocycles. The Hall–Kier alpha value is -0.370. The van der Waals surface area contributed by atoms with Gasteiger partial charge < -0.3 is 10.6 Å². The molecule has 0 aliphatic carbocycles. The van der Waals surface area contributed by atoms with Crippen LogP contribution in [0.4, 0.5) is 0 Å². The minimum atomic E-state index is -3.18. The highest BCUT2D eigenvalue weighted by Gasteiger charge is 2.34. The van der Waals surface area contributed by atoms with E-state index in [1.165, 1.54) is 4.31 Å². The van der Waals surface area contributed by atoms with Crippen molar-refractivity contribution in [1.29, 1.82) is 0 Å². The number of hydrogen-bond acceptors (Lipinski definition) is 4. The zero-order valence-corrected chi connectivity index (χ0v) is 11.9. The van der Waals surface area contributed by atoms with Gasteiger partial charge in [-0.05, 0) is 19.3 Å². The molecular formula is C10H20ClN3O3S. The number of rotatable bonds is 3. The van der Waals surface area contributed by atoms with Crippen LogP contribution in [-0.2, 0) is 14.8 Å². The molecule has 8 heteroatoms. The maximum Gasteiger partial charge on any atom is 0.238 e. The van der Waals surface area contributed by atoms with Crippen molar-refractivity contribution in [2.75, 3.05) is 31.9 Å². The fourth-order valence-corrected chi connectivity index (χ4v) is 3.99. The molecule has 18 heavy (non-hydrogen) atoms. The minimum absolute atomic E-state index is 0. The van der Waals surface area contributed by atoms with Gasteiger partial charge in [0.25, 0.3) is 0 Å². The highest BCUT2D eigenvalue weighted by Crippen LogP contribution is 2.18. The number of hydrogen-bond donors (Lipinski definition) is 1. The molecule has 0 spiro atoms. The summed E-state index contributed by atoms with van der Waals surface area (Å²) in [5, 5.41) is 0. The van der Waals surface area contributed by atoms with E-state index in [0.29, 0.717) is 26.1 Å². The Bertz CT molecular complexity index is 401. The van der Waals surface area contributed by atoms with Gasteiger partial charge in [0.1, 0.15) is 0 Å². The van der Waals surface area contributed by atoms with Gasteiger partial charge in [-0.3, -0.25) is 4.79 Å². The molecule has 2 fully saturated rings. The second kappa shape index (κ2) is 6.18. The summed E-state index contributed by atoms with van der Waals surface area (Å²) in [7, 11) is -3.18. The molecule has 2 saturated heterocycles. The molecule has 1 atom stereocenters. The lowest BCUT2D eigenvalue weighted by atomic mass is 10.2. The molecule has 0 radical (unpaired) electrons. The van der Waals surface area contributed by atoms with Crippen LogP contribution in [0.3, 0.4) is 0 Å². The zero-order chi connectivity index (χ0) is 12.5. The monoisotopic (exact) mass is 297 g/mol. The summed E-state index contributed by atoms with van der Waals surface area (Å²) in [5.74, 6) is 0.0593. The minimum Gasteiger partial charge on any atom is -0.337 e. The number of nitrogens with zero attached hydrogens (tertiary/aromatic N) is 2. The van der Waals surface area contributed by atoms with Crippen molar-refractivity contribution in [3.8, 4) is 0 Å². The van der Waals surface area contributed by atoms with Gasteiger partial charge in [-0.15, -0.1) is 12.4 Å². The van der Waals surface area contributed by atoms with Crippen LogP contribution >= 0.6 is 12.4 Å². The molecule has 0 aromatic rings. The molecule has 1 unspecified atom stereocenters. The van der Waals surface area contributed by atoms with Gasteiger partial charge in [-0.2, -0.15) is 4.31 Å². The highest BCUT2D eigenvalue weighted by molar-refractivity contribution is 7.89. The van der Waals surface area contributed by atoms with Crippen LogP contribution in [0.1, 0.15) is 19.3 Å². The average Bonchev–Trinajstić information content (AvgIpc) is 2.85. The standard InChI is InChI=1S/C10H19N3O3S.ClH/c11-7-9-3-1-5-13(9)10(14)8-12-4-2-6-17(12,15)16;/h9H,1-8,11H2;1H. The van der Waals surface area contributed by atoms with Crippen molar-refractivity contribution in [2.24, 2.45) is 5.73 Å². The number of sulfonamides is 1. The van der Waals surface area contributed by atoms with Crippen molar-refractivity contribution in [3.63, 3.8) is 0 Å². The molecule has 0 saturated carbocycles. The highest BCUT2D eigenvalue weighted by atomic mass is 35.5. The zero-order valence-electron chi connectivity index (χ0n) is 10.2. The van der Waals surface area contributed by atoms with Gasteiger partial charge in [-0.1, -0.05) is 0 Å². The maximum atomic E-state index is 12.0. The van der Waals surface area contributed by atoms with Gasteiger partial charge in [0.15, 0.2) is 0 Å². The molecule has 2 rings (SSSR count). The van der Waals surface area contributed by atoms with E-state index in [-0.39, 0.29) is 36.7 Å². The third-order valence-corrected chi connectivity index (χ3v) is 5.39. The summed E-state index contributed by atoms with van der Waals surface area (Å²) in [6.45, 7) is 1.61. The average molecular weight is 298 g/mol. The first kappa shape index (κ1) is 15.7. The summed E-state index contributed by atoms with van der Waals surface area (Å²) in [5.41, 5.74) is 5.60. The smallest absolute Gasteiger partial charge is 0.238 e. The lowest BCUT2D eigenvalue weighted by Crippen LogP contribution is -2.45. The molecule has 6 nitrogen and oxygen atoms in total. The van der Waals surface area contributed by atoms with E-state index in [1.54, 1.807) is 4.90 Å². The third-order valence-electron chi connectivity index (χ3n) is 3.48. The Morgan fingerprint density at radius 2 is 2.00 bits per heavy atom. The number of nitrogens with two attached hydrogens (primary N) is 1. The molecule has 2 aliphatic rings. The fraction of sp³-hybridized carbons (Fsp3) is 0.900. The van der Waals surface area contributed by atoms with Gasteiger partial charge in [-0.25, -0.2) is 8.42 Å². The lowest BCUT2D eigenvalue weighted by molar-refractivity contribution is -0.132. The van der Waals surface area contributed by atoms with Gasteiger partial charge in [0.2, 0.25) is 15.9 Å². The van der Waals surface area contributed by atoms with E-state index in [4.69, 9.17) is 5.73 Å². The Kier molecular flexibility index (Phi) is 5.39. The van der Waals surface area contributed by atoms with E-state index in [9.17, 15) is 13.2 Å². The van der Waals surface area contributed by atoms with Gasteiger partial charge >= 0.3 is 0 Å². The first-order valence-electron chi connectivity index (χ1n) is 6.02. The second-order valence-corrected chi connectivity index (χ2v) is 6.71. The first-order valence-corrected chi connectivity index (χ1v) is 7.63. The van der Waals surface area contributed by atoms with Crippen molar-refractivity contribution in [3.05, 3.63) is 0 Å². The second-order valence-electron chi connectivity index (χ2n) is 4.62. The van der Waals surface area contributed by atoms with Crippen LogP contribution in [0.2, 0.25) is 0 Å². The summed E-state index contributed by atoms with van der Waals surface area (Å²) >= 11 is 0. The van der Waals surface area contributed by atoms with E-state index < -0.39 is 10.0 Å². The molecular weight excluding hydrogens is 278 g/mol. The quantitative estimate of drug-likeness (QED) is 0.753. The molecule has 0 aromatic heterocycles. The number of halogens is 1. The van der Waals surface area contributed by atoms with E-state index >= 15 is 0 Å². The number of carbonyl (C=O) groups is 1. The van der Waals surface area contributed by atoms with Crippen molar-refractivity contribution < 1.29 is 13.2 Å². The number of amides is 1. The van der Waals surface area contributed by atoms with Crippen LogP contribution in [-0.4, -0.2) is 61.5 Å².